The molecule has 0 saturated heterocycles. The Morgan fingerprint density at radius 1 is 1.15 bits per heavy atom. The van der Waals surface area contributed by atoms with Crippen LogP contribution in [0.5, 0.6) is 5.75 Å². The van der Waals surface area contributed by atoms with Gasteiger partial charge in [0.05, 0.1) is 13.2 Å². The van der Waals surface area contributed by atoms with Crippen LogP contribution in [0.25, 0.3) is 10.9 Å². The van der Waals surface area contributed by atoms with Gasteiger partial charge >= 0.3 is 0 Å². The lowest BCUT2D eigenvalue weighted by atomic mass is 10.0. The van der Waals surface area contributed by atoms with E-state index in [1.54, 1.807) is 7.11 Å². The predicted molar refractivity (Wildman–Crippen MR) is 104 cm³/mol. The van der Waals surface area contributed by atoms with Crippen LogP contribution in [0.3, 0.4) is 0 Å². The van der Waals surface area contributed by atoms with Crippen LogP contribution in [0.4, 0.5) is 0 Å². The van der Waals surface area contributed by atoms with E-state index in [0.29, 0.717) is 11.5 Å². The van der Waals surface area contributed by atoms with E-state index in [2.05, 4.69) is 24.1 Å². The summed E-state index contributed by atoms with van der Waals surface area (Å²) in [6, 6.07) is 13.9. The second-order valence-corrected chi connectivity index (χ2v) is 7.20. The molecule has 1 amide bonds. The number of aromatic nitrogens is 1. The normalized spacial score (nSPS) is 15.0. The molecule has 0 bridgehead atoms. The standard InChI is InChI=1S/C22H24N2O2/c1-13-14(2)23-20-11-8-17(12-19(13)20)22(25)24-21(15-4-5-15)16-6-9-18(26-3)10-7-16/h6-12,15,21,23H,4-5H2,1-3H3,(H,24,25)/t21-/m1/s1. The molecule has 1 aliphatic rings. The number of nitrogens with one attached hydrogen (secondary N) is 2. The van der Waals surface area contributed by atoms with Gasteiger partial charge in [0.15, 0.2) is 0 Å². The van der Waals surface area contributed by atoms with Crippen molar-refractivity contribution in [2.75, 3.05) is 7.11 Å². The fourth-order valence-corrected chi connectivity index (χ4v) is 3.54. The first-order valence-corrected chi connectivity index (χ1v) is 9.10. The Kier molecular flexibility index (Phi) is 4.19. The number of H-pyrrole nitrogens is 1. The van der Waals surface area contributed by atoms with E-state index in [9.17, 15) is 4.79 Å². The molecule has 1 heterocycles. The predicted octanol–water partition coefficient (Wildman–Crippen LogP) is 4.67. The van der Waals surface area contributed by atoms with Crippen molar-refractivity contribution in [3.8, 4) is 5.75 Å². The Hall–Kier alpha value is -2.75. The summed E-state index contributed by atoms with van der Waals surface area (Å²) in [5.41, 5.74) is 5.26. The fraction of sp³-hybridized carbons (Fsp3) is 0.318. The van der Waals surface area contributed by atoms with E-state index in [1.807, 2.05) is 42.5 Å². The van der Waals surface area contributed by atoms with Crippen LogP contribution in [0.2, 0.25) is 0 Å². The number of methoxy groups -OCH3 is 1. The molecule has 26 heavy (non-hydrogen) atoms. The number of aryl methyl sites for hydroxylation is 2. The molecule has 2 aromatic carbocycles. The molecule has 4 heteroatoms. The summed E-state index contributed by atoms with van der Waals surface area (Å²) in [4.78, 5) is 16.3. The van der Waals surface area contributed by atoms with Crippen molar-refractivity contribution in [2.45, 2.75) is 32.7 Å². The average molecular weight is 348 g/mol. The Morgan fingerprint density at radius 2 is 1.88 bits per heavy atom. The summed E-state index contributed by atoms with van der Waals surface area (Å²) in [6.45, 7) is 4.14. The van der Waals surface area contributed by atoms with Gasteiger partial charge in [-0.05, 0) is 74.1 Å². The summed E-state index contributed by atoms with van der Waals surface area (Å²) >= 11 is 0. The molecule has 1 aromatic heterocycles. The van der Waals surface area contributed by atoms with Gasteiger partial charge in [-0.3, -0.25) is 4.79 Å². The molecule has 1 aliphatic carbocycles. The van der Waals surface area contributed by atoms with E-state index in [0.717, 1.165) is 40.8 Å². The first kappa shape index (κ1) is 16.7. The van der Waals surface area contributed by atoms with Crippen LogP contribution < -0.4 is 10.1 Å². The lowest BCUT2D eigenvalue weighted by Gasteiger charge is -2.19. The number of hydrogen-bond donors (Lipinski definition) is 2. The molecular weight excluding hydrogens is 324 g/mol. The zero-order chi connectivity index (χ0) is 18.3. The lowest BCUT2D eigenvalue weighted by molar-refractivity contribution is 0.0932. The van der Waals surface area contributed by atoms with Crippen LogP contribution in [-0.4, -0.2) is 18.0 Å². The van der Waals surface area contributed by atoms with E-state index < -0.39 is 0 Å². The van der Waals surface area contributed by atoms with Gasteiger partial charge in [-0.25, -0.2) is 0 Å². The molecule has 1 atom stereocenters. The van der Waals surface area contributed by atoms with Crippen molar-refractivity contribution in [3.05, 3.63) is 64.8 Å². The number of rotatable bonds is 5. The second kappa shape index (κ2) is 6.52. The van der Waals surface area contributed by atoms with Gasteiger partial charge in [-0.2, -0.15) is 0 Å². The minimum atomic E-state index is -0.0159. The molecule has 3 aromatic rings. The third-order valence-electron chi connectivity index (χ3n) is 5.43. The van der Waals surface area contributed by atoms with Crippen molar-refractivity contribution < 1.29 is 9.53 Å². The third-order valence-corrected chi connectivity index (χ3v) is 5.43. The number of fused-ring (bicyclic) bond motifs is 1. The van der Waals surface area contributed by atoms with Crippen molar-refractivity contribution >= 4 is 16.8 Å². The third kappa shape index (κ3) is 3.07. The molecular formula is C22H24N2O2. The molecule has 1 saturated carbocycles. The Morgan fingerprint density at radius 3 is 2.54 bits per heavy atom. The van der Waals surface area contributed by atoms with E-state index >= 15 is 0 Å². The number of aromatic amines is 1. The molecule has 2 N–H and O–H groups in total. The molecule has 4 nitrogen and oxygen atoms in total. The monoisotopic (exact) mass is 348 g/mol. The molecule has 4 rings (SSSR count). The van der Waals surface area contributed by atoms with Crippen LogP contribution >= 0.6 is 0 Å². The maximum Gasteiger partial charge on any atom is 0.251 e. The largest absolute Gasteiger partial charge is 0.497 e. The Labute approximate surface area is 153 Å². The van der Waals surface area contributed by atoms with Gasteiger partial charge in [0, 0.05) is 22.2 Å². The molecule has 0 unspecified atom stereocenters. The molecule has 0 radical (unpaired) electrons. The highest BCUT2D eigenvalue weighted by molar-refractivity contribution is 5.99. The lowest BCUT2D eigenvalue weighted by Crippen LogP contribution is -2.29. The maximum absolute atomic E-state index is 12.9. The van der Waals surface area contributed by atoms with Crippen molar-refractivity contribution in [1.29, 1.82) is 0 Å². The summed E-state index contributed by atoms with van der Waals surface area (Å²) in [6.07, 6.45) is 2.32. The van der Waals surface area contributed by atoms with Gasteiger partial charge in [-0.1, -0.05) is 12.1 Å². The van der Waals surface area contributed by atoms with Gasteiger partial charge in [0.1, 0.15) is 5.75 Å². The molecule has 1 fully saturated rings. The molecule has 0 aliphatic heterocycles. The zero-order valence-electron chi connectivity index (χ0n) is 15.4. The maximum atomic E-state index is 12.9. The Bertz CT molecular complexity index is 952. The van der Waals surface area contributed by atoms with Gasteiger partial charge in [0.2, 0.25) is 0 Å². The van der Waals surface area contributed by atoms with Crippen LogP contribution in [-0.2, 0) is 0 Å². The van der Waals surface area contributed by atoms with Crippen molar-refractivity contribution in [1.82, 2.24) is 10.3 Å². The highest BCUT2D eigenvalue weighted by atomic mass is 16.5. The van der Waals surface area contributed by atoms with E-state index in [1.165, 1.54) is 5.56 Å². The van der Waals surface area contributed by atoms with E-state index in [4.69, 9.17) is 4.74 Å². The summed E-state index contributed by atoms with van der Waals surface area (Å²) in [5.74, 6) is 1.34. The quantitative estimate of drug-likeness (QED) is 0.704. The number of benzene rings is 2. The smallest absolute Gasteiger partial charge is 0.251 e. The number of amides is 1. The summed E-state index contributed by atoms with van der Waals surface area (Å²) in [5, 5.41) is 4.36. The van der Waals surface area contributed by atoms with Crippen LogP contribution in [0.15, 0.2) is 42.5 Å². The first-order chi connectivity index (χ1) is 12.6. The topological polar surface area (TPSA) is 54.1 Å². The molecule has 0 spiro atoms. The van der Waals surface area contributed by atoms with Crippen molar-refractivity contribution in [2.24, 2.45) is 5.92 Å². The van der Waals surface area contributed by atoms with Gasteiger partial charge in [0.25, 0.3) is 5.91 Å². The van der Waals surface area contributed by atoms with Crippen LogP contribution in [0.1, 0.15) is 46.1 Å². The van der Waals surface area contributed by atoms with E-state index in [-0.39, 0.29) is 11.9 Å². The highest BCUT2D eigenvalue weighted by Crippen LogP contribution is 2.41. The first-order valence-electron chi connectivity index (χ1n) is 9.10. The van der Waals surface area contributed by atoms with Crippen LogP contribution in [0, 0.1) is 19.8 Å². The zero-order valence-corrected chi connectivity index (χ0v) is 15.4. The SMILES string of the molecule is COc1ccc([C@H](NC(=O)c2ccc3[nH]c(C)c(C)c3c2)C2CC2)cc1. The fourth-order valence-electron chi connectivity index (χ4n) is 3.54. The highest BCUT2D eigenvalue weighted by Gasteiger charge is 2.33. The second-order valence-electron chi connectivity index (χ2n) is 7.20. The number of carbonyl (C=O) groups excluding carboxylic acids is 1. The minimum Gasteiger partial charge on any atom is -0.497 e. The summed E-state index contributed by atoms with van der Waals surface area (Å²) in [7, 11) is 1.66. The van der Waals surface area contributed by atoms with Gasteiger partial charge in [-0.15, -0.1) is 0 Å². The number of hydrogen-bond acceptors (Lipinski definition) is 2. The number of ether oxygens (including phenoxy) is 1. The van der Waals surface area contributed by atoms with Gasteiger partial charge < -0.3 is 15.0 Å². The average Bonchev–Trinajstić information content (AvgIpc) is 3.46. The Balaban J connectivity index is 1.59. The molecule has 134 valence electrons. The number of carbonyl (C=O) groups is 1. The van der Waals surface area contributed by atoms with Crippen molar-refractivity contribution in [3.63, 3.8) is 0 Å². The summed E-state index contributed by atoms with van der Waals surface area (Å²) < 4.78 is 5.24. The minimum absolute atomic E-state index is 0.0159.